The number of ether oxygens (including phenoxy) is 1. The van der Waals surface area contributed by atoms with Gasteiger partial charge in [0, 0.05) is 6.54 Å². The number of alkyl carbamates (subject to hydrolysis) is 1. The highest BCUT2D eigenvalue weighted by Gasteiger charge is 2.69. The first kappa shape index (κ1) is 26.9. The normalized spacial score (nSPS) is 26.4. The molecule has 0 aromatic carbocycles. The fraction of sp³-hybridized carbons (Fsp3) is 0.800. The number of carbonyl (C=O) groups is 5. The maximum atomic E-state index is 13.6. The van der Waals surface area contributed by atoms with Crippen molar-refractivity contribution in [3.05, 3.63) is 0 Å². The smallest absolute Gasteiger partial charge is 0.408 e. The fourth-order valence-corrected chi connectivity index (χ4v) is 5.26. The van der Waals surface area contributed by atoms with Crippen LogP contribution >= 0.6 is 0 Å². The number of piperidine rings is 1. The molecule has 10 nitrogen and oxygen atoms in total. The van der Waals surface area contributed by atoms with Crippen LogP contribution < -0.4 is 10.6 Å². The molecule has 1 unspecified atom stereocenters. The van der Waals surface area contributed by atoms with Crippen LogP contribution in [0.4, 0.5) is 4.79 Å². The lowest BCUT2D eigenvalue weighted by Gasteiger charge is -2.35. The molecule has 1 aliphatic heterocycles. The standard InChI is InChI=1S/C25H39N3O7/c1-12(2)17(27-23(34)35-24(3,4)5)21(31)28-11-14-16(25(14,6)7)18(28)20(30)26-15(10-13-8-9-13)19(29)22(32)33/h12-18H,8-11H2,1-7H3,(H,26,30)(H,27,34)(H,32,33)/t14-,15?,16-,17-,18-/m0/s1. The van der Waals surface area contributed by atoms with Gasteiger partial charge in [-0.05, 0) is 56.3 Å². The number of carboxylic acids is 1. The van der Waals surface area contributed by atoms with Gasteiger partial charge < -0.3 is 25.4 Å². The number of nitrogens with one attached hydrogen (secondary N) is 2. The lowest BCUT2D eigenvalue weighted by Crippen LogP contribution is -2.59. The summed E-state index contributed by atoms with van der Waals surface area (Å²) in [5, 5.41) is 14.5. The van der Waals surface area contributed by atoms with Crippen molar-refractivity contribution in [1.82, 2.24) is 15.5 Å². The molecule has 0 aromatic heterocycles. The molecule has 2 aliphatic carbocycles. The van der Waals surface area contributed by atoms with Crippen LogP contribution in [0.3, 0.4) is 0 Å². The second-order valence-electron chi connectivity index (χ2n) is 12.2. The van der Waals surface area contributed by atoms with E-state index in [2.05, 4.69) is 10.6 Å². The van der Waals surface area contributed by atoms with Gasteiger partial charge in [0.05, 0.1) is 6.04 Å². The quantitative estimate of drug-likeness (QED) is 0.417. The summed E-state index contributed by atoms with van der Waals surface area (Å²) < 4.78 is 5.32. The van der Waals surface area contributed by atoms with Gasteiger partial charge in [-0.3, -0.25) is 14.4 Å². The number of amides is 3. The van der Waals surface area contributed by atoms with Crippen molar-refractivity contribution < 1.29 is 33.8 Å². The summed E-state index contributed by atoms with van der Waals surface area (Å²) >= 11 is 0. The Morgan fingerprint density at radius 2 is 1.69 bits per heavy atom. The van der Waals surface area contributed by atoms with Crippen LogP contribution in [0.15, 0.2) is 0 Å². The Balaban J connectivity index is 1.79. The molecule has 0 spiro atoms. The van der Waals surface area contributed by atoms with E-state index >= 15 is 0 Å². The summed E-state index contributed by atoms with van der Waals surface area (Å²) in [5.74, 6) is -3.58. The predicted molar refractivity (Wildman–Crippen MR) is 126 cm³/mol. The number of hydrogen-bond donors (Lipinski definition) is 3. The van der Waals surface area contributed by atoms with Gasteiger partial charge in [-0.2, -0.15) is 0 Å². The van der Waals surface area contributed by atoms with Crippen LogP contribution in [-0.2, 0) is 23.9 Å². The second kappa shape index (κ2) is 9.43. The van der Waals surface area contributed by atoms with Gasteiger partial charge in [0.2, 0.25) is 11.8 Å². The first-order valence-corrected chi connectivity index (χ1v) is 12.4. The topological polar surface area (TPSA) is 142 Å². The summed E-state index contributed by atoms with van der Waals surface area (Å²) in [5.41, 5.74) is -0.892. The lowest BCUT2D eigenvalue weighted by atomic mass is 9.96. The molecule has 2 saturated carbocycles. The zero-order chi connectivity index (χ0) is 26.5. The van der Waals surface area contributed by atoms with E-state index in [0.29, 0.717) is 6.54 Å². The predicted octanol–water partition coefficient (Wildman–Crippen LogP) is 1.96. The van der Waals surface area contributed by atoms with Gasteiger partial charge in [0.25, 0.3) is 5.78 Å². The minimum atomic E-state index is -1.58. The van der Waals surface area contributed by atoms with E-state index in [-0.39, 0.29) is 35.5 Å². The summed E-state index contributed by atoms with van der Waals surface area (Å²) in [6.07, 6.45) is 1.37. The second-order valence-corrected chi connectivity index (χ2v) is 12.2. The van der Waals surface area contributed by atoms with E-state index in [4.69, 9.17) is 4.74 Å². The third-order valence-electron chi connectivity index (χ3n) is 7.47. The number of likely N-dealkylation sites (tertiary alicyclic amines) is 1. The summed E-state index contributed by atoms with van der Waals surface area (Å²) in [7, 11) is 0. The Bertz CT molecular complexity index is 903. The number of hydrogen-bond acceptors (Lipinski definition) is 6. The third-order valence-corrected chi connectivity index (χ3v) is 7.47. The molecule has 3 rings (SSSR count). The molecule has 3 N–H and O–H groups in total. The Morgan fingerprint density at radius 3 is 2.17 bits per heavy atom. The Hall–Kier alpha value is -2.65. The molecule has 1 saturated heterocycles. The molecule has 196 valence electrons. The maximum absolute atomic E-state index is 13.6. The molecule has 10 heteroatoms. The Morgan fingerprint density at radius 1 is 1.09 bits per heavy atom. The van der Waals surface area contributed by atoms with E-state index in [0.717, 1.165) is 12.8 Å². The van der Waals surface area contributed by atoms with Crippen molar-refractivity contribution in [3.63, 3.8) is 0 Å². The molecule has 35 heavy (non-hydrogen) atoms. The molecule has 3 fully saturated rings. The van der Waals surface area contributed by atoms with E-state index in [9.17, 15) is 29.1 Å². The van der Waals surface area contributed by atoms with Crippen molar-refractivity contribution >= 4 is 29.7 Å². The van der Waals surface area contributed by atoms with Crippen LogP contribution in [0.25, 0.3) is 0 Å². The highest BCUT2D eigenvalue weighted by atomic mass is 16.6. The number of rotatable bonds is 9. The Labute approximate surface area is 206 Å². The van der Waals surface area contributed by atoms with E-state index in [1.807, 2.05) is 13.8 Å². The minimum Gasteiger partial charge on any atom is -0.475 e. The zero-order valence-corrected chi connectivity index (χ0v) is 21.7. The first-order chi connectivity index (χ1) is 16.0. The van der Waals surface area contributed by atoms with Gasteiger partial charge >= 0.3 is 12.1 Å². The highest BCUT2D eigenvalue weighted by Crippen LogP contribution is 2.65. The van der Waals surface area contributed by atoms with Crippen LogP contribution in [0.1, 0.15) is 67.7 Å². The van der Waals surface area contributed by atoms with Crippen LogP contribution in [-0.4, -0.2) is 69.9 Å². The Kier molecular flexibility index (Phi) is 7.26. The van der Waals surface area contributed by atoms with Gasteiger partial charge in [-0.15, -0.1) is 0 Å². The summed E-state index contributed by atoms with van der Waals surface area (Å²) in [6, 6.07) is -2.86. The molecule has 1 heterocycles. The van der Waals surface area contributed by atoms with Gasteiger partial charge in [-0.25, -0.2) is 9.59 Å². The van der Waals surface area contributed by atoms with Gasteiger partial charge in [-0.1, -0.05) is 40.5 Å². The first-order valence-electron chi connectivity index (χ1n) is 12.4. The average Bonchev–Trinajstić information content (AvgIpc) is 3.56. The van der Waals surface area contributed by atoms with Crippen molar-refractivity contribution in [3.8, 4) is 0 Å². The molecular weight excluding hydrogens is 454 g/mol. The monoisotopic (exact) mass is 493 g/mol. The zero-order valence-electron chi connectivity index (χ0n) is 21.7. The lowest BCUT2D eigenvalue weighted by molar-refractivity contribution is -0.151. The van der Waals surface area contributed by atoms with Gasteiger partial charge in [0.15, 0.2) is 0 Å². The highest BCUT2D eigenvalue weighted by molar-refractivity contribution is 6.35. The molecule has 3 amide bonds. The number of fused-ring (bicyclic) bond motifs is 1. The average molecular weight is 494 g/mol. The molecule has 5 atom stereocenters. The van der Waals surface area contributed by atoms with E-state index < -0.39 is 53.4 Å². The summed E-state index contributed by atoms with van der Waals surface area (Å²) in [6.45, 7) is 13.2. The van der Waals surface area contributed by atoms with Crippen molar-refractivity contribution in [2.45, 2.75) is 91.5 Å². The van der Waals surface area contributed by atoms with Crippen LogP contribution in [0, 0.1) is 29.1 Å². The molecule has 0 radical (unpaired) electrons. The van der Waals surface area contributed by atoms with Crippen molar-refractivity contribution in [2.75, 3.05) is 6.54 Å². The largest absolute Gasteiger partial charge is 0.475 e. The SMILES string of the molecule is CC(C)[C@H](NC(=O)OC(C)(C)C)C(=O)N1C[C@H]2[C@@H]([C@H]1C(=O)NC(CC1CC1)C(=O)C(=O)O)C2(C)C. The maximum Gasteiger partial charge on any atom is 0.408 e. The number of carbonyl (C=O) groups excluding carboxylic acids is 4. The number of ketones is 1. The molecule has 0 aromatic rings. The van der Waals surface area contributed by atoms with Crippen LogP contribution in [0.5, 0.6) is 0 Å². The molecule has 0 bridgehead atoms. The van der Waals surface area contributed by atoms with E-state index in [1.165, 1.54) is 4.90 Å². The van der Waals surface area contributed by atoms with Crippen LogP contribution in [0.2, 0.25) is 0 Å². The molecule has 3 aliphatic rings. The van der Waals surface area contributed by atoms with Crippen molar-refractivity contribution in [2.24, 2.45) is 29.1 Å². The van der Waals surface area contributed by atoms with Gasteiger partial charge in [0.1, 0.15) is 17.7 Å². The number of aliphatic carboxylic acids is 1. The summed E-state index contributed by atoms with van der Waals surface area (Å²) in [4.78, 5) is 64.6. The van der Waals surface area contributed by atoms with E-state index in [1.54, 1.807) is 34.6 Å². The van der Waals surface area contributed by atoms with Crippen molar-refractivity contribution in [1.29, 1.82) is 0 Å². The third kappa shape index (κ3) is 5.95. The molecular formula is C25H39N3O7. The number of carboxylic acid groups (broad SMARTS) is 1. The number of nitrogens with zero attached hydrogens (tertiary/aromatic N) is 1. The number of Topliss-reactive ketones (excluding diaryl/α,β-unsaturated/α-hetero) is 1. The fourth-order valence-electron chi connectivity index (χ4n) is 5.26. The minimum absolute atomic E-state index is 0.105.